The third kappa shape index (κ3) is 5.09. The molecular weight excluding hydrogens is 242 g/mol. The van der Waals surface area contributed by atoms with E-state index in [0.29, 0.717) is 16.2 Å². The fourth-order valence-corrected chi connectivity index (χ4v) is 1.42. The van der Waals surface area contributed by atoms with Crippen LogP contribution in [-0.2, 0) is 0 Å². The summed E-state index contributed by atoms with van der Waals surface area (Å²) in [6.45, 7) is 4.02. The van der Waals surface area contributed by atoms with Crippen molar-refractivity contribution in [3.05, 3.63) is 34.9 Å². The van der Waals surface area contributed by atoms with Gasteiger partial charge in [-0.15, -0.1) is 0 Å². The Labute approximate surface area is 106 Å². The van der Waals surface area contributed by atoms with Crippen LogP contribution in [-0.4, -0.2) is 17.4 Å². The molecule has 3 nitrogen and oxygen atoms in total. The molecule has 0 aliphatic carbocycles. The van der Waals surface area contributed by atoms with Gasteiger partial charge in [-0.05, 0) is 43.8 Å². The maximum Gasteiger partial charge on any atom is 0.187 e. The van der Waals surface area contributed by atoms with Gasteiger partial charge in [0.2, 0.25) is 0 Å². The first-order chi connectivity index (χ1) is 7.58. The standard InChI is InChI=1S/C11H14ClN3S/c1-8(2)14-11(16)15-13-7-9-3-5-10(12)6-4-9/h3-8H,1-2H3,(H2,14,15,16)/b13-7-. The zero-order chi connectivity index (χ0) is 12.0. The zero-order valence-electron chi connectivity index (χ0n) is 9.20. The average Bonchev–Trinajstić information content (AvgIpc) is 2.20. The van der Waals surface area contributed by atoms with Gasteiger partial charge in [-0.25, -0.2) is 0 Å². The van der Waals surface area contributed by atoms with Gasteiger partial charge in [0, 0.05) is 11.1 Å². The van der Waals surface area contributed by atoms with Crippen molar-refractivity contribution < 1.29 is 0 Å². The molecule has 0 saturated carbocycles. The Balaban J connectivity index is 2.43. The van der Waals surface area contributed by atoms with E-state index in [1.54, 1.807) is 6.21 Å². The first-order valence-electron chi connectivity index (χ1n) is 4.93. The number of hydrogen-bond acceptors (Lipinski definition) is 2. The van der Waals surface area contributed by atoms with Crippen LogP contribution in [0.2, 0.25) is 5.02 Å². The smallest absolute Gasteiger partial charge is 0.187 e. The maximum atomic E-state index is 5.76. The molecule has 0 saturated heterocycles. The van der Waals surface area contributed by atoms with Crippen molar-refractivity contribution in [2.45, 2.75) is 19.9 Å². The molecule has 0 amide bonds. The molecule has 1 rings (SSSR count). The van der Waals surface area contributed by atoms with Crippen LogP contribution >= 0.6 is 23.8 Å². The molecule has 0 aliphatic heterocycles. The largest absolute Gasteiger partial charge is 0.359 e. The van der Waals surface area contributed by atoms with Gasteiger partial charge in [0.15, 0.2) is 5.11 Å². The summed E-state index contributed by atoms with van der Waals surface area (Å²) in [7, 11) is 0. The molecule has 0 fully saturated rings. The Morgan fingerprint density at radius 1 is 1.38 bits per heavy atom. The number of nitrogens with zero attached hydrogens (tertiary/aromatic N) is 1. The van der Waals surface area contributed by atoms with Gasteiger partial charge < -0.3 is 5.32 Å². The second-order valence-corrected chi connectivity index (χ2v) is 4.39. The van der Waals surface area contributed by atoms with Crippen LogP contribution in [0.15, 0.2) is 29.4 Å². The zero-order valence-corrected chi connectivity index (χ0v) is 10.8. The summed E-state index contributed by atoms with van der Waals surface area (Å²) >= 11 is 10.8. The van der Waals surface area contributed by atoms with Crippen LogP contribution in [0.3, 0.4) is 0 Å². The quantitative estimate of drug-likeness (QED) is 0.495. The van der Waals surface area contributed by atoms with Gasteiger partial charge in [0.05, 0.1) is 6.21 Å². The van der Waals surface area contributed by atoms with Gasteiger partial charge in [-0.3, -0.25) is 5.43 Å². The molecule has 1 aromatic rings. The Hall–Kier alpha value is -1.13. The highest BCUT2D eigenvalue weighted by atomic mass is 35.5. The second kappa shape index (κ2) is 6.45. The third-order valence-electron chi connectivity index (χ3n) is 1.67. The highest BCUT2D eigenvalue weighted by Crippen LogP contribution is 2.07. The Morgan fingerprint density at radius 2 is 2.00 bits per heavy atom. The van der Waals surface area contributed by atoms with Crippen molar-refractivity contribution in [2.24, 2.45) is 5.10 Å². The van der Waals surface area contributed by atoms with Crippen molar-refractivity contribution in [1.82, 2.24) is 10.7 Å². The number of hydrogen-bond donors (Lipinski definition) is 2. The maximum absolute atomic E-state index is 5.76. The van der Waals surface area contributed by atoms with Crippen molar-refractivity contribution in [2.75, 3.05) is 0 Å². The molecule has 16 heavy (non-hydrogen) atoms. The lowest BCUT2D eigenvalue weighted by Crippen LogP contribution is -2.36. The molecule has 0 spiro atoms. The van der Waals surface area contributed by atoms with E-state index in [0.717, 1.165) is 5.56 Å². The van der Waals surface area contributed by atoms with Crippen LogP contribution in [0.5, 0.6) is 0 Å². The molecule has 0 atom stereocenters. The summed E-state index contributed by atoms with van der Waals surface area (Å²) in [6.07, 6.45) is 1.69. The summed E-state index contributed by atoms with van der Waals surface area (Å²) in [5, 5.41) is 8.25. The topological polar surface area (TPSA) is 36.4 Å². The molecule has 0 radical (unpaired) electrons. The monoisotopic (exact) mass is 255 g/mol. The van der Waals surface area contributed by atoms with E-state index in [-0.39, 0.29) is 0 Å². The number of halogens is 1. The Kier molecular flexibility index (Phi) is 5.22. The fraction of sp³-hybridized carbons (Fsp3) is 0.273. The summed E-state index contributed by atoms with van der Waals surface area (Å²) in [6, 6.07) is 7.69. The Bertz CT molecular complexity index is 373. The highest BCUT2D eigenvalue weighted by molar-refractivity contribution is 7.80. The first kappa shape index (κ1) is 12.9. The molecule has 2 N–H and O–H groups in total. The molecule has 1 aromatic carbocycles. The van der Waals surface area contributed by atoms with Crippen molar-refractivity contribution in [3.63, 3.8) is 0 Å². The molecule has 0 unspecified atom stereocenters. The van der Waals surface area contributed by atoms with Gasteiger partial charge in [0.25, 0.3) is 0 Å². The molecule has 0 aromatic heterocycles. The molecule has 0 bridgehead atoms. The van der Waals surface area contributed by atoms with E-state index in [1.165, 1.54) is 0 Å². The number of hydrazone groups is 1. The molecule has 0 heterocycles. The van der Waals surface area contributed by atoms with E-state index in [1.807, 2.05) is 38.1 Å². The molecule has 5 heteroatoms. The van der Waals surface area contributed by atoms with Crippen LogP contribution in [0.1, 0.15) is 19.4 Å². The van der Waals surface area contributed by atoms with Gasteiger partial charge >= 0.3 is 0 Å². The van der Waals surface area contributed by atoms with E-state index >= 15 is 0 Å². The predicted octanol–water partition coefficient (Wildman–Crippen LogP) is 2.55. The summed E-state index contributed by atoms with van der Waals surface area (Å²) in [5.41, 5.74) is 3.70. The number of rotatable bonds is 3. The lowest BCUT2D eigenvalue weighted by Gasteiger charge is -2.09. The SMILES string of the molecule is CC(C)NC(=S)N/N=C\c1ccc(Cl)cc1. The predicted molar refractivity (Wildman–Crippen MR) is 73.1 cm³/mol. The first-order valence-corrected chi connectivity index (χ1v) is 5.71. The highest BCUT2D eigenvalue weighted by Gasteiger charge is 1.94. The van der Waals surface area contributed by atoms with Crippen LogP contribution < -0.4 is 10.7 Å². The number of benzene rings is 1. The van der Waals surface area contributed by atoms with Crippen molar-refractivity contribution in [1.29, 1.82) is 0 Å². The van der Waals surface area contributed by atoms with E-state index in [2.05, 4.69) is 15.8 Å². The van der Waals surface area contributed by atoms with Crippen LogP contribution in [0, 0.1) is 0 Å². The van der Waals surface area contributed by atoms with E-state index < -0.39 is 0 Å². The van der Waals surface area contributed by atoms with Crippen molar-refractivity contribution >= 4 is 35.1 Å². The third-order valence-corrected chi connectivity index (χ3v) is 2.13. The molecular formula is C11H14ClN3S. The van der Waals surface area contributed by atoms with Crippen LogP contribution in [0.4, 0.5) is 0 Å². The summed E-state index contributed by atoms with van der Waals surface area (Å²) < 4.78 is 0. The molecule has 0 aliphatic rings. The van der Waals surface area contributed by atoms with Crippen LogP contribution in [0.25, 0.3) is 0 Å². The van der Waals surface area contributed by atoms with Crippen molar-refractivity contribution in [3.8, 4) is 0 Å². The Morgan fingerprint density at radius 3 is 2.56 bits per heavy atom. The fourth-order valence-electron chi connectivity index (χ4n) is 1.01. The summed E-state index contributed by atoms with van der Waals surface area (Å²) in [4.78, 5) is 0. The van der Waals surface area contributed by atoms with E-state index in [9.17, 15) is 0 Å². The van der Waals surface area contributed by atoms with E-state index in [4.69, 9.17) is 23.8 Å². The van der Waals surface area contributed by atoms with Gasteiger partial charge in [-0.1, -0.05) is 23.7 Å². The second-order valence-electron chi connectivity index (χ2n) is 3.55. The number of thiocarbonyl (C=S) groups is 1. The minimum Gasteiger partial charge on any atom is -0.359 e. The normalized spacial score (nSPS) is 10.8. The van der Waals surface area contributed by atoms with Gasteiger partial charge in [0.1, 0.15) is 0 Å². The summed E-state index contributed by atoms with van der Waals surface area (Å²) in [5.74, 6) is 0. The average molecular weight is 256 g/mol. The molecule has 86 valence electrons. The lowest BCUT2D eigenvalue weighted by molar-refractivity contribution is 0.720. The minimum absolute atomic E-state index is 0.297. The minimum atomic E-state index is 0.297. The van der Waals surface area contributed by atoms with Gasteiger partial charge in [-0.2, -0.15) is 5.10 Å². The number of nitrogens with one attached hydrogen (secondary N) is 2. The lowest BCUT2D eigenvalue weighted by atomic mass is 10.2.